The highest BCUT2D eigenvalue weighted by Crippen LogP contribution is 2.13. The van der Waals surface area contributed by atoms with Crippen molar-refractivity contribution in [2.24, 2.45) is 0 Å². The number of amides is 1. The summed E-state index contributed by atoms with van der Waals surface area (Å²) in [5, 5.41) is 8.59. The second kappa shape index (κ2) is 7.93. The van der Waals surface area contributed by atoms with E-state index in [2.05, 4.69) is 11.8 Å². The number of carbonyl (C=O) groups is 1. The number of thioether (sulfide) groups is 1. The first kappa shape index (κ1) is 16.5. The first-order valence-electron chi connectivity index (χ1n) is 6.16. The molecule has 0 fully saturated rings. The van der Waals surface area contributed by atoms with E-state index in [1.165, 1.54) is 12.1 Å². The first-order chi connectivity index (χ1) is 9.51. The summed E-state index contributed by atoms with van der Waals surface area (Å²) in [7, 11) is 1.71. The lowest BCUT2D eigenvalue weighted by molar-refractivity contribution is 0.0757. The minimum Gasteiger partial charge on any atom is -0.384 e. The standard InChI is InChI=1S/C15H18FNO2S/c1-11(10-20-3)17(2)15(19)13-7-6-12(5-4-8-18)14(16)9-13/h6-7,9,11,18H,8,10H2,1-3H3. The third-order valence-electron chi connectivity index (χ3n) is 2.91. The Labute approximate surface area is 123 Å². The first-order valence-corrected chi connectivity index (χ1v) is 7.56. The van der Waals surface area contributed by atoms with Crippen LogP contribution < -0.4 is 0 Å². The maximum absolute atomic E-state index is 13.8. The Morgan fingerprint density at radius 1 is 1.55 bits per heavy atom. The van der Waals surface area contributed by atoms with Crippen molar-refractivity contribution in [2.75, 3.05) is 25.7 Å². The molecule has 0 aromatic heterocycles. The van der Waals surface area contributed by atoms with Gasteiger partial charge >= 0.3 is 0 Å². The van der Waals surface area contributed by atoms with Gasteiger partial charge in [-0.2, -0.15) is 11.8 Å². The molecule has 0 saturated heterocycles. The minimum atomic E-state index is -0.553. The Balaban J connectivity index is 2.92. The van der Waals surface area contributed by atoms with Crippen molar-refractivity contribution < 1.29 is 14.3 Å². The molecule has 3 nitrogen and oxygen atoms in total. The van der Waals surface area contributed by atoms with Crippen LogP contribution in [0.2, 0.25) is 0 Å². The number of halogens is 1. The highest BCUT2D eigenvalue weighted by molar-refractivity contribution is 7.98. The third kappa shape index (κ3) is 4.26. The van der Waals surface area contributed by atoms with Crippen molar-refractivity contribution in [3.63, 3.8) is 0 Å². The number of carbonyl (C=O) groups excluding carboxylic acids is 1. The molecule has 5 heteroatoms. The maximum atomic E-state index is 13.8. The molecule has 0 heterocycles. The van der Waals surface area contributed by atoms with Gasteiger partial charge in [0.25, 0.3) is 5.91 Å². The molecule has 108 valence electrons. The Bertz CT molecular complexity index is 536. The number of hydrogen-bond donors (Lipinski definition) is 1. The van der Waals surface area contributed by atoms with Crippen molar-refractivity contribution >= 4 is 17.7 Å². The smallest absolute Gasteiger partial charge is 0.253 e. The van der Waals surface area contributed by atoms with Crippen molar-refractivity contribution in [3.05, 3.63) is 35.1 Å². The molecule has 20 heavy (non-hydrogen) atoms. The van der Waals surface area contributed by atoms with E-state index in [1.807, 2.05) is 13.2 Å². The van der Waals surface area contributed by atoms with Crippen LogP contribution in [-0.4, -0.2) is 47.6 Å². The minimum absolute atomic E-state index is 0.0782. The molecule has 1 rings (SSSR count). The number of rotatable bonds is 4. The average Bonchev–Trinajstić information content (AvgIpc) is 2.44. The normalized spacial score (nSPS) is 11.4. The second-order valence-electron chi connectivity index (χ2n) is 4.37. The van der Waals surface area contributed by atoms with E-state index in [1.54, 1.807) is 29.8 Å². The largest absolute Gasteiger partial charge is 0.384 e. The molecular weight excluding hydrogens is 277 g/mol. The van der Waals surface area contributed by atoms with Gasteiger partial charge in [0.05, 0.1) is 5.56 Å². The van der Waals surface area contributed by atoms with E-state index in [9.17, 15) is 9.18 Å². The number of nitrogens with zero attached hydrogens (tertiary/aromatic N) is 1. The van der Waals surface area contributed by atoms with Gasteiger partial charge in [0.2, 0.25) is 0 Å². The number of aliphatic hydroxyl groups is 1. The number of aliphatic hydroxyl groups excluding tert-OH is 1. The molecule has 0 spiro atoms. The molecule has 0 saturated carbocycles. The quantitative estimate of drug-likeness (QED) is 0.864. The summed E-state index contributed by atoms with van der Waals surface area (Å²) in [4.78, 5) is 13.8. The molecule has 0 bridgehead atoms. The molecule has 1 unspecified atom stereocenters. The molecule has 1 aromatic rings. The lowest BCUT2D eigenvalue weighted by Gasteiger charge is -2.24. The molecule has 0 aliphatic rings. The zero-order chi connectivity index (χ0) is 15.1. The fraction of sp³-hybridized carbons (Fsp3) is 0.400. The van der Waals surface area contributed by atoms with Crippen molar-refractivity contribution in [1.29, 1.82) is 0 Å². The van der Waals surface area contributed by atoms with Gasteiger partial charge in [0.15, 0.2) is 0 Å². The van der Waals surface area contributed by atoms with Crippen LogP contribution in [0.15, 0.2) is 18.2 Å². The lowest BCUT2D eigenvalue weighted by Crippen LogP contribution is -2.36. The lowest BCUT2D eigenvalue weighted by atomic mass is 10.1. The summed E-state index contributed by atoms with van der Waals surface area (Å²) in [6.45, 7) is 1.63. The Hall–Kier alpha value is -1.51. The molecule has 0 aliphatic heterocycles. The Morgan fingerprint density at radius 3 is 2.80 bits per heavy atom. The van der Waals surface area contributed by atoms with Gasteiger partial charge in [-0.05, 0) is 31.4 Å². The third-order valence-corrected chi connectivity index (χ3v) is 3.72. The molecule has 1 aromatic carbocycles. The van der Waals surface area contributed by atoms with Gasteiger partial charge in [0, 0.05) is 24.4 Å². The number of hydrogen-bond acceptors (Lipinski definition) is 3. The van der Waals surface area contributed by atoms with Gasteiger partial charge in [-0.25, -0.2) is 4.39 Å². The SMILES string of the molecule is CSCC(C)N(C)C(=O)c1ccc(C#CCO)c(F)c1. The van der Waals surface area contributed by atoms with E-state index in [4.69, 9.17) is 5.11 Å². The van der Waals surface area contributed by atoms with Gasteiger partial charge in [-0.15, -0.1) is 0 Å². The van der Waals surface area contributed by atoms with Gasteiger partial charge < -0.3 is 10.0 Å². The highest BCUT2D eigenvalue weighted by Gasteiger charge is 2.18. The van der Waals surface area contributed by atoms with E-state index in [0.717, 1.165) is 5.75 Å². The molecule has 1 amide bonds. The molecular formula is C15H18FNO2S. The number of benzene rings is 1. The summed E-state index contributed by atoms with van der Waals surface area (Å²) in [6.07, 6.45) is 1.98. The summed E-state index contributed by atoms with van der Waals surface area (Å²) in [6, 6.07) is 4.27. The van der Waals surface area contributed by atoms with Crippen molar-refractivity contribution in [2.45, 2.75) is 13.0 Å². The molecule has 1 atom stereocenters. The second-order valence-corrected chi connectivity index (χ2v) is 5.29. The molecule has 0 aliphatic carbocycles. The van der Waals surface area contributed by atoms with Crippen LogP contribution in [-0.2, 0) is 0 Å². The van der Waals surface area contributed by atoms with Crippen LogP contribution in [0.3, 0.4) is 0 Å². The summed E-state index contributed by atoms with van der Waals surface area (Å²) >= 11 is 1.66. The van der Waals surface area contributed by atoms with Gasteiger partial charge in [0.1, 0.15) is 12.4 Å². The molecule has 1 N–H and O–H groups in total. The van der Waals surface area contributed by atoms with Crippen LogP contribution >= 0.6 is 11.8 Å². The summed E-state index contributed by atoms with van der Waals surface area (Å²) in [5.41, 5.74) is 0.475. The van der Waals surface area contributed by atoms with E-state index >= 15 is 0 Å². The van der Waals surface area contributed by atoms with E-state index in [-0.39, 0.29) is 24.1 Å². The van der Waals surface area contributed by atoms with Crippen molar-refractivity contribution in [1.82, 2.24) is 4.90 Å². The summed E-state index contributed by atoms with van der Waals surface area (Å²) < 4.78 is 13.8. The predicted octanol–water partition coefficient (Wildman–Crippen LogP) is 1.99. The van der Waals surface area contributed by atoms with Crippen LogP contribution in [0.1, 0.15) is 22.8 Å². The zero-order valence-corrected chi connectivity index (χ0v) is 12.6. The van der Waals surface area contributed by atoms with Crippen LogP contribution in [0.5, 0.6) is 0 Å². The van der Waals surface area contributed by atoms with Crippen LogP contribution in [0, 0.1) is 17.7 Å². The summed E-state index contributed by atoms with van der Waals surface area (Å²) in [5.74, 6) is 4.93. The maximum Gasteiger partial charge on any atom is 0.253 e. The van der Waals surface area contributed by atoms with Gasteiger partial charge in [-0.3, -0.25) is 4.79 Å². The fourth-order valence-electron chi connectivity index (χ4n) is 1.64. The Kier molecular flexibility index (Phi) is 6.56. The fourth-order valence-corrected chi connectivity index (χ4v) is 2.35. The monoisotopic (exact) mass is 295 g/mol. The van der Waals surface area contributed by atoms with Crippen LogP contribution in [0.4, 0.5) is 4.39 Å². The topological polar surface area (TPSA) is 40.5 Å². The zero-order valence-electron chi connectivity index (χ0n) is 11.8. The van der Waals surface area contributed by atoms with E-state index < -0.39 is 5.82 Å². The predicted molar refractivity (Wildman–Crippen MR) is 80.3 cm³/mol. The van der Waals surface area contributed by atoms with Crippen LogP contribution in [0.25, 0.3) is 0 Å². The molecule has 0 radical (unpaired) electrons. The van der Waals surface area contributed by atoms with E-state index in [0.29, 0.717) is 5.56 Å². The van der Waals surface area contributed by atoms with Crippen molar-refractivity contribution in [3.8, 4) is 11.8 Å². The highest BCUT2D eigenvalue weighted by atomic mass is 32.2. The Morgan fingerprint density at radius 2 is 2.25 bits per heavy atom. The van der Waals surface area contributed by atoms with Gasteiger partial charge in [-0.1, -0.05) is 11.8 Å². The average molecular weight is 295 g/mol.